The normalized spacial score (nSPS) is 14.6. The SMILES string of the molecule is CCNC1CCN(c2ccc(Nc3ncc(F)c(-c4sc(NC)nc4C)n3)nc2)CC1. The Balaban J connectivity index is 1.45. The van der Waals surface area contributed by atoms with Crippen LogP contribution in [0.5, 0.6) is 0 Å². The molecule has 1 aliphatic rings. The first-order valence-corrected chi connectivity index (χ1v) is 11.3. The summed E-state index contributed by atoms with van der Waals surface area (Å²) in [6.45, 7) is 7.02. The van der Waals surface area contributed by atoms with Crippen LogP contribution in [-0.2, 0) is 0 Å². The fraction of sp³-hybridized carbons (Fsp3) is 0.429. The van der Waals surface area contributed by atoms with Crippen molar-refractivity contribution >= 4 is 33.9 Å². The van der Waals surface area contributed by atoms with Crippen molar-refractivity contribution in [2.75, 3.05) is 42.2 Å². The van der Waals surface area contributed by atoms with E-state index in [1.807, 2.05) is 25.3 Å². The molecule has 164 valence electrons. The number of thiazole rings is 1. The summed E-state index contributed by atoms with van der Waals surface area (Å²) < 4.78 is 14.4. The van der Waals surface area contributed by atoms with Gasteiger partial charge < -0.3 is 20.9 Å². The lowest BCUT2D eigenvalue weighted by atomic mass is 10.0. The molecule has 3 N–H and O–H groups in total. The lowest BCUT2D eigenvalue weighted by molar-refractivity contribution is 0.424. The van der Waals surface area contributed by atoms with Gasteiger partial charge in [-0.25, -0.2) is 24.3 Å². The van der Waals surface area contributed by atoms with Crippen LogP contribution < -0.4 is 20.9 Å². The molecule has 0 aromatic carbocycles. The first kappa shape index (κ1) is 21.4. The average molecular weight is 443 g/mol. The summed E-state index contributed by atoms with van der Waals surface area (Å²) >= 11 is 1.36. The van der Waals surface area contributed by atoms with E-state index in [0.717, 1.165) is 43.9 Å². The Morgan fingerprint density at radius 2 is 1.97 bits per heavy atom. The quantitative estimate of drug-likeness (QED) is 0.509. The highest BCUT2D eigenvalue weighted by Crippen LogP contribution is 2.33. The number of halogens is 1. The zero-order valence-electron chi connectivity index (χ0n) is 17.9. The van der Waals surface area contributed by atoms with Gasteiger partial charge in [-0.1, -0.05) is 18.3 Å². The van der Waals surface area contributed by atoms with Gasteiger partial charge in [-0.05, 0) is 38.4 Å². The molecule has 10 heteroatoms. The van der Waals surface area contributed by atoms with Crippen LogP contribution in [0.1, 0.15) is 25.5 Å². The fourth-order valence-electron chi connectivity index (χ4n) is 3.70. The van der Waals surface area contributed by atoms with Gasteiger partial charge in [-0.2, -0.15) is 0 Å². The minimum Gasteiger partial charge on any atom is -0.370 e. The van der Waals surface area contributed by atoms with Gasteiger partial charge in [0, 0.05) is 26.2 Å². The Labute approximate surface area is 185 Å². The van der Waals surface area contributed by atoms with Gasteiger partial charge in [0.15, 0.2) is 10.9 Å². The van der Waals surface area contributed by atoms with Gasteiger partial charge in [-0.3, -0.25) is 0 Å². The van der Waals surface area contributed by atoms with Gasteiger partial charge in [0.05, 0.1) is 28.7 Å². The monoisotopic (exact) mass is 442 g/mol. The van der Waals surface area contributed by atoms with Crippen molar-refractivity contribution in [3.63, 3.8) is 0 Å². The van der Waals surface area contributed by atoms with E-state index >= 15 is 0 Å². The second-order valence-corrected chi connectivity index (χ2v) is 8.42. The molecule has 0 unspecified atom stereocenters. The van der Waals surface area contributed by atoms with Crippen LogP contribution >= 0.6 is 11.3 Å². The Bertz CT molecular complexity index is 1010. The zero-order chi connectivity index (χ0) is 21.8. The van der Waals surface area contributed by atoms with Crippen LogP contribution in [0.4, 0.5) is 27.0 Å². The van der Waals surface area contributed by atoms with Crippen molar-refractivity contribution in [3.05, 3.63) is 36.0 Å². The smallest absolute Gasteiger partial charge is 0.229 e. The van der Waals surface area contributed by atoms with E-state index in [-0.39, 0.29) is 5.69 Å². The Morgan fingerprint density at radius 1 is 1.16 bits per heavy atom. The van der Waals surface area contributed by atoms with Crippen molar-refractivity contribution in [2.24, 2.45) is 0 Å². The van der Waals surface area contributed by atoms with E-state index in [1.54, 1.807) is 7.05 Å². The van der Waals surface area contributed by atoms with E-state index in [2.05, 4.69) is 47.7 Å². The third-order valence-electron chi connectivity index (χ3n) is 5.31. The van der Waals surface area contributed by atoms with Crippen LogP contribution in [0, 0.1) is 12.7 Å². The number of rotatable bonds is 7. The highest BCUT2D eigenvalue weighted by Gasteiger charge is 2.19. The summed E-state index contributed by atoms with van der Waals surface area (Å²) in [6, 6.07) is 4.54. The van der Waals surface area contributed by atoms with Crippen LogP contribution in [0.3, 0.4) is 0 Å². The van der Waals surface area contributed by atoms with Crippen LogP contribution in [0.15, 0.2) is 24.5 Å². The summed E-state index contributed by atoms with van der Waals surface area (Å²) in [5.74, 6) is 0.423. The van der Waals surface area contributed by atoms with Crippen LogP contribution in [0.25, 0.3) is 10.6 Å². The molecule has 0 amide bonds. The number of nitrogens with zero attached hydrogens (tertiary/aromatic N) is 5. The van der Waals surface area contributed by atoms with Gasteiger partial charge >= 0.3 is 0 Å². The molecule has 31 heavy (non-hydrogen) atoms. The summed E-state index contributed by atoms with van der Waals surface area (Å²) in [5, 5.41) is 10.3. The van der Waals surface area contributed by atoms with Crippen molar-refractivity contribution in [3.8, 4) is 10.6 Å². The number of pyridine rings is 1. The van der Waals surface area contributed by atoms with E-state index in [4.69, 9.17) is 0 Å². The molecule has 0 bridgehead atoms. The fourth-order valence-corrected chi connectivity index (χ4v) is 4.61. The molecule has 0 aliphatic carbocycles. The number of nitrogens with one attached hydrogen (secondary N) is 3. The Morgan fingerprint density at radius 3 is 2.61 bits per heavy atom. The molecule has 3 aromatic rings. The van der Waals surface area contributed by atoms with Gasteiger partial charge in [0.25, 0.3) is 0 Å². The largest absolute Gasteiger partial charge is 0.370 e. The first-order valence-electron chi connectivity index (χ1n) is 10.5. The number of aryl methyl sites for hydroxylation is 1. The lowest BCUT2D eigenvalue weighted by Gasteiger charge is -2.33. The minimum absolute atomic E-state index is 0.231. The number of hydrogen-bond acceptors (Lipinski definition) is 9. The molecule has 0 spiro atoms. The van der Waals surface area contributed by atoms with Crippen molar-refractivity contribution in [2.45, 2.75) is 32.7 Å². The molecular formula is C21H27FN8S. The second-order valence-electron chi connectivity index (χ2n) is 7.42. The zero-order valence-corrected chi connectivity index (χ0v) is 18.8. The molecule has 8 nitrogen and oxygen atoms in total. The molecule has 1 aliphatic heterocycles. The topological polar surface area (TPSA) is 90.9 Å². The van der Waals surface area contributed by atoms with Crippen molar-refractivity contribution in [1.29, 1.82) is 0 Å². The summed E-state index contributed by atoms with van der Waals surface area (Å²) in [5.41, 5.74) is 2.05. The summed E-state index contributed by atoms with van der Waals surface area (Å²) in [4.78, 5) is 20.3. The molecule has 4 rings (SSSR count). The molecule has 4 heterocycles. The predicted molar refractivity (Wildman–Crippen MR) is 124 cm³/mol. The molecule has 3 aromatic heterocycles. The number of anilines is 4. The van der Waals surface area contributed by atoms with Crippen LogP contribution in [-0.4, -0.2) is 52.7 Å². The van der Waals surface area contributed by atoms with Gasteiger partial charge in [0.2, 0.25) is 5.95 Å². The van der Waals surface area contributed by atoms with Crippen molar-refractivity contribution < 1.29 is 4.39 Å². The standard InChI is InChI=1S/C21H27FN8S/c1-4-24-14-7-9-30(10-8-14)15-5-6-17(25-11-15)28-20-26-12-16(22)18(29-20)19-13(2)27-21(23-3)31-19/h5-6,11-12,14,24H,4,7-10H2,1-3H3,(H,23,27)(H,25,26,28,29). The molecular weight excluding hydrogens is 415 g/mol. The number of aromatic nitrogens is 4. The first-order chi connectivity index (χ1) is 15.1. The Hall–Kier alpha value is -2.85. The molecule has 0 radical (unpaired) electrons. The molecule has 1 saturated heterocycles. The summed E-state index contributed by atoms with van der Waals surface area (Å²) in [6.07, 6.45) is 5.29. The minimum atomic E-state index is -0.482. The molecule has 0 saturated carbocycles. The van der Waals surface area contributed by atoms with E-state index in [0.29, 0.717) is 27.8 Å². The second kappa shape index (κ2) is 9.52. The Kier molecular flexibility index (Phi) is 6.57. The summed E-state index contributed by atoms with van der Waals surface area (Å²) in [7, 11) is 1.78. The van der Waals surface area contributed by atoms with Crippen molar-refractivity contribution in [1.82, 2.24) is 25.3 Å². The van der Waals surface area contributed by atoms with Gasteiger partial charge in [0.1, 0.15) is 11.5 Å². The van der Waals surface area contributed by atoms with Gasteiger partial charge in [-0.15, -0.1) is 0 Å². The predicted octanol–water partition coefficient (Wildman–Crippen LogP) is 3.81. The third-order valence-corrected chi connectivity index (χ3v) is 6.49. The number of hydrogen-bond donors (Lipinski definition) is 3. The highest BCUT2D eigenvalue weighted by molar-refractivity contribution is 7.19. The number of piperidine rings is 1. The van der Waals surface area contributed by atoms with E-state index in [9.17, 15) is 4.39 Å². The third kappa shape index (κ3) is 4.91. The van der Waals surface area contributed by atoms with E-state index in [1.165, 1.54) is 17.5 Å². The molecule has 1 fully saturated rings. The maximum Gasteiger partial charge on any atom is 0.229 e. The van der Waals surface area contributed by atoms with E-state index < -0.39 is 5.82 Å². The lowest BCUT2D eigenvalue weighted by Crippen LogP contribution is -2.42. The maximum atomic E-state index is 14.4. The molecule has 0 atom stereocenters. The highest BCUT2D eigenvalue weighted by atomic mass is 32.1. The average Bonchev–Trinajstić information content (AvgIpc) is 3.17. The maximum absolute atomic E-state index is 14.4. The van der Waals surface area contributed by atoms with Crippen LogP contribution in [0.2, 0.25) is 0 Å².